The largest absolute Gasteiger partial charge is 0.383 e. The number of hydrogen-bond donors (Lipinski definition) is 2. The Bertz CT molecular complexity index is 1480. The van der Waals surface area contributed by atoms with Crippen molar-refractivity contribution in [2.24, 2.45) is 5.92 Å². The van der Waals surface area contributed by atoms with Gasteiger partial charge in [-0.25, -0.2) is 15.0 Å². The van der Waals surface area contributed by atoms with Crippen LogP contribution in [0.4, 0.5) is 5.82 Å². The molecule has 1 aliphatic carbocycles. The van der Waals surface area contributed by atoms with E-state index in [2.05, 4.69) is 81.3 Å². The van der Waals surface area contributed by atoms with Crippen LogP contribution in [0, 0.1) is 5.92 Å². The second-order valence-electron chi connectivity index (χ2n) is 10.2. The Morgan fingerprint density at radius 3 is 2.74 bits per heavy atom. The Morgan fingerprint density at radius 2 is 1.95 bits per heavy atom. The lowest BCUT2D eigenvalue weighted by Crippen LogP contribution is -2.26. The van der Waals surface area contributed by atoms with Crippen molar-refractivity contribution >= 4 is 22.6 Å². The van der Waals surface area contributed by atoms with Gasteiger partial charge in [0.1, 0.15) is 11.3 Å². The van der Waals surface area contributed by atoms with E-state index in [0.29, 0.717) is 5.82 Å². The average molecular weight is 506 g/mol. The summed E-state index contributed by atoms with van der Waals surface area (Å²) < 4.78 is 2.12. The summed E-state index contributed by atoms with van der Waals surface area (Å²) in [4.78, 5) is 17.0. The number of rotatable bonds is 8. The van der Waals surface area contributed by atoms with E-state index in [1.54, 1.807) is 6.20 Å². The van der Waals surface area contributed by atoms with E-state index in [-0.39, 0.29) is 0 Å². The third-order valence-corrected chi connectivity index (χ3v) is 7.53. The zero-order chi connectivity index (χ0) is 25.9. The van der Waals surface area contributed by atoms with Gasteiger partial charge in [-0.15, -0.1) is 0 Å². The van der Waals surface area contributed by atoms with Gasteiger partial charge in [0.25, 0.3) is 0 Å². The lowest BCUT2D eigenvalue weighted by atomic mass is 10.0. The molecule has 0 radical (unpaired) electrons. The molecule has 1 fully saturated rings. The minimum Gasteiger partial charge on any atom is -0.383 e. The van der Waals surface area contributed by atoms with Gasteiger partial charge in [0.15, 0.2) is 11.5 Å². The molecule has 1 saturated heterocycles. The number of anilines is 1. The number of hydrogen-bond acceptors (Lipinski definition) is 6. The molecular weight excluding hydrogens is 470 g/mol. The number of imidazole rings is 1. The third-order valence-electron chi connectivity index (χ3n) is 7.53. The number of nitrogens with two attached hydrogens (primary N) is 1. The number of nitrogens with zero attached hydrogens (tertiary/aromatic N) is 5. The van der Waals surface area contributed by atoms with Gasteiger partial charge in [-0.2, -0.15) is 0 Å². The molecule has 1 unspecified atom stereocenters. The van der Waals surface area contributed by atoms with Crippen LogP contribution in [-0.4, -0.2) is 50.6 Å². The Kier molecular flexibility index (Phi) is 7.03. The zero-order valence-electron chi connectivity index (χ0n) is 22.0. The molecule has 0 amide bonds. The molecule has 1 aliphatic heterocycles. The minimum absolute atomic E-state index is 0.458. The van der Waals surface area contributed by atoms with E-state index in [4.69, 9.17) is 15.7 Å². The van der Waals surface area contributed by atoms with Crippen molar-refractivity contribution in [3.8, 4) is 17.1 Å². The maximum atomic E-state index is 6.31. The highest BCUT2D eigenvalue weighted by Crippen LogP contribution is 2.32. The highest BCUT2D eigenvalue weighted by Gasteiger charge is 2.22. The Labute approximate surface area is 224 Å². The maximum absolute atomic E-state index is 6.31. The van der Waals surface area contributed by atoms with Crippen LogP contribution >= 0.6 is 0 Å². The van der Waals surface area contributed by atoms with Gasteiger partial charge in [0.2, 0.25) is 0 Å². The number of benzene rings is 1. The smallest absolute Gasteiger partial charge is 0.165 e. The molecule has 0 saturated carbocycles. The summed E-state index contributed by atoms with van der Waals surface area (Å²) in [7, 11) is 0. The lowest BCUT2D eigenvalue weighted by Gasteiger charge is -2.17. The molecule has 0 bridgehead atoms. The summed E-state index contributed by atoms with van der Waals surface area (Å²) in [5.41, 5.74) is 13.2. The summed E-state index contributed by atoms with van der Waals surface area (Å²) in [6.07, 6.45) is 11.7. The second kappa shape index (κ2) is 10.9. The molecule has 0 spiro atoms. The molecule has 3 N–H and O–H groups in total. The number of likely N-dealkylation sites (tertiary alicyclic amines) is 1. The molecular formula is C31H35N7. The fourth-order valence-electron chi connectivity index (χ4n) is 5.53. The molecule has 6 rings (SSSR count). The van der Waals surface area contributed by atoms with E-state index in [0.717, 1.165) is 91.0 Å². The Balaban J connectivity index is 1.35. The number of allylic oxidation sites excluding steroid dienone is 4. The summed E-state index contributed by atoms with van der Waals surface area (Å²) >= 11 is 0. The highest BCUT2D eigenvalue weighted by atomic mass is 15.2. The van der Waals surface area contributed by atoms with Crippen molar-refractivity contribution in [2.75, 3.05) is 31.9 Å². The van der Waals surface area contributed by atoms with Gasteiger partial charge in [-0.3, -0.25) is 9.47 Å². The first-order valence-corrected chi connectivity index (χ1v) is 13.7. The van der Waals surface area contributed by atoms with Crippen LogP contribution in [0.3, 0.4) is 0 Å². The zero-order valence-corrected chi connectivity index (χ0v) is 22.0. The number of nitrogens with one attached hydrogen (secondary N) is 1. The van der Waals surface area contributed by atoms with E-state index < -0.39 is 0 Å². The molecule has 38 heavy (non-hydrogen) atoms. The lowest BCUT2D eigenvalue weighted by molar-refractivity contribution is 0.314. The summed E-state index contributed by atoms with van der Waals surface area (Å²) in [6, 6.07) is 16.8. The normalized spacial score (nSPS) is 17.8. The van der Waals surface area contributed by atoms with Crippen LogP contribution in [0.25, 0.3) is 33.8 Å². The quantitative estimate of drug-likeness (QED) is 0.341. The van der Waals surface area contributed by atoms with Gasteiger partial charge < -0.3 is 11.1 Å². The molecule has 1 atom stereocenters. The molecule has 194 valence electrons. The van der Waals surface area contributed by atoms with Crippen molar-refractivity contribution in [1.82, 2.24) is 29.7 Å². The minimum atomic E-state index is 0.458. The molecule has 7 nitrogen and oxygen atoms in total. The highest BCUT2D eigenvalue weighted by molar-refractivity contribution is 5.85. The van der Waals surface area contributed by atoms with Crippen LogP contribution in [0.1, 0.15) is 37.4 Å². The van der Waals surface area contributed by atoms with Crippen LogP contribution in [-0.2, 0) is 6.54 Å². The Hall–Kier alpha value is -3.81. The monoisotopic (exact) mass is 505 g/mol. The topological polar surface area (TPSA) is 84.9 Å². The van der Waals surface area contributed by atoms with Crippen molar-refractivity contribution in [3.05, 3.63) is 84.2 Å². The van der Waals surface area contributed by atoms with Crippen molar-refractivity contribution < 1.29 is 0 Å². The number of aromatic nitrogens is 4. The average Bonchev–Trinajstić information content (AvgIpc) is 3.57. The predicted octanol–water partition coefficient (Wildman–Crippen LogP) is 5.23. The van der Waals surface area contributed by atoms with Gasteiger partial charge in [-0.1, -0.05) is 37.3 Å². The summed E-state index contributed by atoms with van der Waals surface area (Å²) in [5.74, 6) is 1.95. The van der Waals surface area contributed by atoms with Gasteiger partial charge >= 0.3 is 0 Å². The van der Waals surface area contributed by atoms with E-state index in [1.807, 2.05) is 12.1 Å². The fourth-order valence-corrected chi connectivity index (χ4v) is 5.53. The molecule has 4 aromatic rings. The molecule has 2 aliphatic rings. The summed E-state index contributed by atoms with van der Waals surface area (Å²) in [6.45, 7) is 7.61. The van der Waals surface area contributed by atoms with Crippen LogP contribution in [0.2, 0.25) is 0 Å². The maximum Gasteiger partial charge on any atom is 0.165 e. The molecule has 7 heteroatoms. The van der Waals surface area contributed by atoms with Crippen molar-refractivity contribution in [2.45, 2.75) is 32.7 Å². The standard InChI is InChI=1S/C31H35N7/c1-2-33-19-23-16-18-37(21-23)20-22-10-12-25(13-11-22)38-30(26-9-6-17-34-29(26)32)36-28-15-14-27(35-31(28)38)24-7-4-3-5-8-24/h4,6-15,17,23,33H,2-3,5,16,18-21H2,1H3,(H2,32,34). The van der Waals surface area contributed by atoms with Crippen molar-refractivity contribution in [3.63, 3.8) is 0 Å². The fraction of sp³-hybridized carbons (Fsp3) is 0.323. The molecule has 3 aromatic heterocycles. The van der Waals surface area contributed by atoms with Crippen LogP contribution < -0.4 is 11.1 Å². The third kappa shape index (κ3) is 4.99. The number of fused-ring (bicyclic) bond motifs is 1. The number of pyridine rings is 2. The van der Waals surface area contributed by atoms with Crippen LogP contribution in [0.5, 0.6) is 0 Å². The molecule has 4 heterocycles. The Morgan fingerprint density at radius 1 is 1.05 bits per heavy atom. The van der Waals surface area contributed by atoms with E-state index in [9.17, 15) is 0 Å². The van der Waals surface area contributed by atoms with Gasteiger partial charge in [0.05, 0.1) is 11.3 Å². The van der Waals surface area contributed by atoms with Crippen molar-refractivity contribution in [1.29, 1.82) is 0 Å². The second-order valence-corrected chi connectivity index (χ2v) is 10.2. The van der Waals surface area contributed by atoms with E-state index in [1.165, 1.54) is 12.0 Å². The van der Waals surface area contributed by atoms with Crippen LogP contribution in [0.15, 0.2) is 73.0 Å². The summed E-state index contributed by atoms with van der Waals surface area (Å²) in [5, 5.41) is 3.50. The SMILES string of the molecule is CCNCC1CCN(Cc2ccc(-n3c(-c4cccnc4N)nc4ccc(C5=CCCC=C5)nc43)cc2)C1. The first-order valence-electron chi connectivity index (χ1n) is 13.7. The van der Waals surface area contributed by atoms with Gasteiger partial charge in [0, 0.05) is 25.0 Å². The first kappa shape index (κ1) is 24.5. The molecule has 1 aromatic carbocycles. The first-order chi connectivity index (χ1) is 18.7. The predicted molar refractivity (Wildman–Crippen MR) is 155 cm³/mol. The van der Waals surface area contributed by atoms with E-state index >= 15 is 0 Å². The van der Waals surface area contributed by atoms with Gasteiger partial charge in [-0.05, 0) is 92.3 Å². The number of nitrogen functional groups attached to an aromatic ring is 1.